The van der Waals surface area contributed by atoms with E-state index in [-0.39, 0.29) is 28.9 Å². The topological polar surface area (TPSA) is 82.6 Å². The number of hydrogen-bond donors (Lipinski definition) is 1. The van der Waals surface area contributed by atoms with Crippen LogP contribution in [0.2, 0.25) is 5.02 Å². The first-order valence-electron chi connectivity index (χ1n) is 9.61. The van der Waals surface area contributed by atoms with Crippen LogP contribution in [0.1, 0.15) is 6.92 Å². The minimum atomic E-state index is -3.79. The van der Waals surface area contributed by atoms with Gasteiger partial charge in [-0.25, -0.2) is 17.8 Å². The summed E-state index contributed by atoms with van der Waals surface area (Å²) in [6.45, 7) is 3.00. The summed E-state index contributed by atoms with van der Waals surface area (Å²) in [7, 11) is -3.79. The van der Waals surface area contributed by atoms with Crippen LogP contribution in [0.5, 0.6) is 0 Å². The summed E-state index contributed by atoms with van der Waals surface area (Å²) in [6, 6.07) is 10.6. The maximum Gasteiger partial charge on any atom is 0.243 e. The van der Waals surface area contributed by atoms with Crippen LogP contribution >= 0.6 is 22.9 Å². The number of aromatic nitrogens is 1. The minimum absolute atomic E-state index is 0.0472. The largest absolute Gasteiger partial charge is 0.301 e. The Morgan fingerprint density at radius 3 is 2.58 bits per heavy atom. The molecule has 0 spiro atoms. The molecule has 1 aromatic heterocycles. The summed E-state index contributed by atoms with van der Waals surface area (Å²) < 4.78 is 41.3. The molecule has 4 rings (SSSR count). The van der Waals surface area contributed by atoms with Gasteiger partial charge in [0.15, 0.2) is 5.13 Å². The van der Waals surface area contributed by atoms with Crippen LogP contribution in [-0.2, 0) is 14.8 Å². The molecule has 1 fully saturated rings. The Bertz CT molecular complexity index is 1190. The smallest absolute Gasteiger partial charge is 0.243 e. The summed E-state index contributed by atoms with van der Waals surface area (Å²) in [5, 5.41) is 3.15. The highest BCUT2D eigenvalue weighted by molar-refractivity contribution is 7.89. The molecule has 164 valence electrons. The van der Waals surface area contributed by atoms with Crippen LogP contribution in [0.15, 0.2) is 47.4 Å². The number of piperazine rings is 1. The lowest BCUT2D eigenvalue weighted by molar-refractivity contribution is -0.121. The number of benzene rings is 2. The molecule has 1 N–H and O–H groups in total. The summed E-state index contributed by atoms with van der Waals surface area (Å²) in [5.74, 6) is -0.862. The molecule has 1 aliphatic heterocycles. The van der Waals surface area contributed by atoms with Crippen molar-refractivity contribution in [3.8, 4) is 0 Å². The highest BCUT2D eigenvalue weighted by Gasteiger charge is 2.32. The Morgan fingerprint density at radius 1 is 1.19 bits per heavy atom. The molecule has 1 aliphatic rings. The van der Waals surface area contributed by atoms with Crippen LogP contribution in [0.25, 0.3) is 10.2 Å². The van der Waals surface area contributed by atoms with Gasteiger partial charge in [-0.1, -0.05) is 35.1 Å². The van der Waals surface area contributed by atoms with Crippen molar-refractivity contribution in [2.45, 2.75) is 17.9 Å². The molecule has 7 nitrogen and oxygen atoms in total. The molecular weight excluding hydrogens is 463 g/mol. The predicted molar refractivity (Wildman–Crippen MR) is 119 cm³/mol. The number of hydrogen-bond acceptors (Lipinski definition) is 6. The molecule has 1 atom stereocenters. The van der Waals surface area contributed by atoms with Gasteiger partial charge >= 0.3 is 0 Å². The standard InChI is InChI=1S/C20H20ClFN4O3S2/c1-13(19(27)24-20-23-17-4-2-3-5-18(17)30-20)25-8-10-26(11-9-25)31(28,29)14-6-7-16(22)15(21)12-14/h2-7,12-13H,8-11H2,1H3,(H,23,24,27). The third-order valence-electron chi connectivity index (χ3n) is 5.25. The molecule has 1 saturated heterocycles. The second-order valence-corrected chi connectivity index (χ2v) is 10.5. The number of anilines is 1. The Kier molecular flexibility index (Phi) is 6.27. The number of para-hydroxylation sites is 1. The van der Waals surface area contributed by atoms with E-state index >= 15 is 0 Å². The number of carbonyl (C=O) groups is 1. The fourth-order valence-corrected chi connectivity index (χ4v) is 5.98. The first-order valence-corrected chi connectivity index (χ1v) is 12.2. The van der Waals surface area contributed by atoms with Crippen molar-refractivity contribution < 1.29 is 17.6 Å². The Labute approximate surface area is 188 Å². The van der Waals surface area contributed by atoms with E-state index in [2.05, 4.69) is 10.3 Å². The van der Waals surface area contributed by atoms with Crippen molar-refractivity contribution in [2.24, 2.45) is 0 Å². The van der Waals surface area contributed by atoms with E-state index in [0.717, 1.165) is 22.3 Å². The lowest BCUT2D eigenvalue weighted by atomic mass is 10.2. The van der Waals surface area contributed by atoms with E-state index < -0.39 is 21.9 Å². The van der Waals surface area contributed by atoms with Crippen LogP contribution in [0.4, 0.5) is 9.52 Å². The fourth-order valence-electron chi connectivity index (χ4n) is 3.42. The number of sulfonamides is 1. The average molecular weight is 483 g/mol. The van der Waals surface area contributed by atoms with E-state index in [1.807, 2.05) is 29.2 Å². The SMILES string of the molecule is CC(C(=O)Nc1nc2ccccc2s1)N1CCN(S(=O)(=O)c2ccc(F)c(Cl)c2)CC1. The van der Waals surface area contributed by atoms with Gasteiger partial charge in [0.2, 0.25) is 15.9 Å². The number of nitrogens with one attached hydrogen (secondary N) is 1. The maximum absolute atomic E-state index is 13.4. The second-order valence-electron chi connectivity index (χ2n) is 7.17. The van der Waals surface area contributed by atoms with Gasteiger partial charge < -0.3 is 5.32 Å². The molecule has 11 heteroatoms. The summed E-state index contributed by atoms with van der Waals surface area (Å²) in [5.41, 5.74) is 0.829. The summed E-state index contributed by atoms with van der Waals surface area (Å²) in [4.78, 5) is 19.0. The Balaban J connectivity index is 1.38. The number of carbonyl (C=O) groups excluding carboxylic acids is 1. The van der Waals surface area contributed by atoms with Crippen molar-refractivity contribution >= 4 is 54.2 Å². The molecule has 31 heavy (non-hydrogen) atoms. The first kappa shape index (κ1) is 22.1. The second kappa shape index (κ2) is 8.79. The monoisotopic (exact) mass is 482 g/mol. The lowest BCUT2D eigenvalue weighted by Gasteiger charge is -2.36. The number of fused-ring (bicyclic) bond motifs is 1. The minimum Gasteiger partial charge on any atom is -0.301 e. The van der Waals surface area contributed by atoms with Crippen molar-refractivity contribution in [3.63, 3.8) is 0 Å². The zero-order valence-electron chi connectivity index (χ0n) is 16.6. The average Bonchev–Trinajstić information content (AvgIpc) is 3.17. The van der Waals surface area contributed by atoms with Gasteiger partial charge in [0.05, 0.1) is 26.2 Å². The predicted octanol–water partition coefficient (Wildman–Crippen LogP) is 3.42. The molecule has 2 aromatic carbocycles. The van der Waals surface area contributed by atoms with Crippen LogP contribution in [0.3, 0.4) is 0 Å². The molecule has 2 heterocycles. The molecule has 0 radical (unpaired) electrons. The molecule has 1 unspecified atom stereocenters. The molecule has 0 saturated carbocycles. The van der Waals surface area contributed by atoms with E-state index in [1.54, 1.807) is 6.92 Å². The fraction of sp³-hybridized carbons (Fsp3) is 0.300. The van der Waals surface area contributed by atoms with Gasteiger partial charge in [-0.05, 0) is 37.3 Å². The highest BCUT2D eigenvalue weighted by atomic mass is 35.5. The summed E-state index contributed by atoms with van der Waals surface area (Å²) in [6.07, 6.45) is 0. The van der Waals surface area contributed by atoms with E-state index in [0.29, 0.717) is 18.2 Å². The maximum atomic E-state index is 13.4. The normalized spacial score (nSPS) is 17.0. The zero-order chi connectivity index (χ0) is 22.2. The van der Waals surface area contributed by atoms with E-state index in [1.165, 1.54) is 21.7 Å². The summed E-state index contributed by atoms with van der Waals surface area (Å²) >= 11 is 7.14. The number of amides is 1. The molecule has 0 aliphatic carbocycles. The van der Waals surface area contributed by atoms with Crippen molar-refractivity contribution in [3.05, 3.63) is 53.3 Å². The third kappa shape index (κ3) is 4.58. The van der Waals surface area contributed by atoms with E-state index in [9.17, 15) is 17.6 Å². The van der Waals surface area contributed by atoms with Crippen LogP contribution < -0.4 is 5.32 Å². The molecule has 3 aromatic rings. The van der Waals surface area contributed by atoms with Crippen molar-refractivity contribution in [2.75, 3.05) is 31.5 Å². The van der Waals surface area contributed by atoms with Crippen molar-refractivity contribution in [1.82, 2.24) is 14.2 Å². The lowest BCUT2D eigenvalue weighted by Crippen LogP contribution is -2.53. The number of halogens is 2. The van der Waals surface area contributed by atoms with Crippen molar-refractivity contribution in [1.29, 1.82) is 0 Å². The van der Waals surface area contributed by atoms with Gasteiger partial charge in [0, 0.05) is 26.2 Å². The number of nitrogens with zero attached hydrogens (tertiary/aromatic N) is 3. The molecular formula is C20H20ClFN4O3S2. The van der Waals surface area contributed by atoms with Gasteiger partial charge in [0.1, 0.15) is 5.82 Å². The Morgan fingerprint density at radius 2 is 1.90 bits per heavy atom. The first-order chi connectivity index (χ1) is 14.8. The Hall–Kier alpha value is -2.11. The highest BCUT2D eigenvalue weighted by Crippen LogP contribution is 2.26. The van der Waals surface area contributed by atoms with Gasteiger partial charge in [-0.3, -0.25) is 9.69 Å². The number of thiazole rings is 1. The molecule has 1 amide bonds. The zero-order valence-corrected chi connectivity index (χ0v) is 19.0. The third-order valence-corrected chi connectivity index (χ3v) is 8.39. The van der Waals surface area contributed by atoms with Crippen LogP contribution in [-0.4, -0.2) is 60.7 Å². The number of rotatable bonds is 5. The quantitative estimate of drug-likeness (QED) is 0.602. The van der Waals surface area contributed by atoms with Gasteiger partial charge in [-0.2, -0.15) is 4.31 Å². The van der Waals surface area contributed by atoms with E-state index in [4.69, 9.17) is 11.6 Å². The molecule has 0 bridgehead atoms. The van der Waals surface area contributed by atoms with Crippen LogP contribution in [0, 0.1) is 5.82 Å². The van der Waals surface area contributed by atoms with Gasteiger partial charge in [0.25, 0.3) is 0 Å². The van der Waals surface area contributed by atoms with Gasteiger partial charge in [-0.15, -0.1) is 0 Å².